The first-order valence-corrected chi connectivity index (χ1v) is 8.41. The molecule has 1 aliphatic carbocycles. The van der Waals surface area contributed by atoms with Gasteiger partial charge >= 0.3 is 0 Å². The van der Waals surface area contributed by atoms with Gasteiger partial charge in [-0.15, -0.1) is 0 Å². The molecule has 0 atom stereocenters. The van der Waals surface area contributed by atoms with Crippen LogP contribution in [0.25, 0.3) is 0 Å². The number of nitrogens with zero attached hydrogens (tertiary/aromatic N) is 3. The standard InChI is InChI=1S/C16H19ClFN5O/c17-14-21-15(19-10-5-3-1-2-4-6-10)23-16(22-14)20-11-7-8-13(24)12(18)9-11/h7-10,24H,1-6H2,(H2,19,20,21,22,23). The summed E-state index contributed by atoms with van der Waals surface area (Å²) in [5.74, 6) is -0.512. The molecule has 1 aromatic heterocycles. The van der Waals surface area contributed by atoms with Gasteiger partial charge in [0.15, 0.2) is 11.6 Å². The van der Waals surface area contributed by atoms with E-state index in [4.69, 9.17) is 11.6 Å². The third kappa shape index (κ3) is 4.44. The molecule has 6 nitrogen and oxygen atoms in total. The van der Waals surface area contributed by atoms with E-state index in [9.17, 15) is 9.50 Å². The van der Waals surface area contributed by atoms with Crippen LogP contribution in [-0.2, 0) is 0 Å². The minimum absolute atomic E-state index is 0.0582. The molecule has 0 saturated heterocycles. The molecule has 1 saturated carbocycles. The number of anilines is 3. The van der Waals surface area contributed by atoms with E-state index in [2.05, 4.69) is 25.6 Å². The minimum Gasteiger partial charge on any atom is -0.505 e. The van der Waals surface area contributed by atoms with E-state index < -0.39 is 11.6 Å². The number of hydrogen-bond acceptors (Lipinski definition) is 6. The lowest BCUT2D eigenvalue weighted by Gasteiger charge is -2.16. The highest BCUT2D eigenvalue weighted by Gasteiger charge is 2.14. The Morgan fingerprint density at radius 3 is 2.46 bits per heavy atom. The lowest BCUT2D eigenvalue weighted by Crippen LogP contribution is -2.20. The highest BCUT2D eigenvalue weighted by atomic mass is 35.5. The van der Waals surface area contributed by atoms with Gasteiger partial charge in [-0.1, -0.05) is 25.7 Å². The summed E-state index contributed by atoms with van der Waals surface area (Å²) >= 11 is 5.97. The average molecular weight is 352 g/mol. The molecule has 3 N–H and O–H groups in total. The monoisotopic (exact) mass is 351 g/mol. The van der Waals surface area contributed by atoms with Gasteiger partial charge in [-0.3, -0.25) is 0 Å². The topological polar surface area (TPSA) is 83.0 Å². The van der Waals surface area contributed by atoms with Crippen molar-refractivity contribution in [2.45, 2.75) is 44.6 Å². The molecule has 0 bridgehead atoms. The van der Waals surface area contributed by atoms with Crippen LogP contribution < -0.4 is 10.6 Å². The fraction of sp³-hybridized carbons (Fsp3) is 0.438. The summed E-state index contributed by atoms with van der Waals surface area (Å²) in [5.41, 5.74) is 0.410. The van der Waals surface area contributed by atoms with Crippen molar-refractivity contribution in [3.63, 3.8) is 0 Å². The zero-order valence-electron chi connectivity index (χ0n) is 13.1. The average Bonchev–Trinajstić information content (AvgIpc) is 2.79. The molecule has 128 valence electrons. The predicted octanol–water partition coefficient (Wildman–Crippen LogP) is 4.25. The van der Waals surface area contributed by atoms with Gasteiger partial charge in [0, 0.05) is 17.8 Å². The van der Waals surface area contributed by atoms with Crippen molar-refractivity contribution in [3.8, 4) is 5.75 Å². The molecule has 1 aromatic carbocycles. The van der Waals surface area contributed by atoms with Crippen LogP contribution in [0.15, 0.2) is 18.2 Å². The maximum absolute atomic E-state index is 13.4. The van der Waals surface area contributed by atoms with Crippen LogP contribution in [0.3, 0.4) is 0 Å². The molecule has 0 spiro atoms. The van der Waals surface area contributed by atoms with Gasteiger partial charge in [-0.2, -0.15) is 15.0 Å². The molecule has 24 heavy (non-hydrogen) atoms. The second-order valence-electron chi connectivity index (χ2n) is 5.88. The molecular weight excluding hydrogens is 333 g/mol. The summed E-state index contributed by atoms with van der Waals surface area (Å²) < 4.78 is 13.4. The first-order chi connectivity index (χ1) is 11.6. The summed E-state index contributed by atoms with van der Waals surface area (Å²) in [7, 11) is 0. The van der Waals surface area contributed by atoms with Crippen molar-refractivity contribution in [3.05, 3.63) is 29.3 Å². The second-order valence-corrected chi connectivity index (χ2v) is 6.21. The number of hydrogen-bond donors (Lipinski definition) is 3. The number of aromatic hydroxyl groups is 1. The lowest BCUT2D eigenvalue weighted by molar-refractivity contribution is 0.432. The number of benzene rings is 1. The van der Waals surface area contributed by atoms with Gasteiger partial charge in [0.05, 0.1) is 0 Å². The van der Waals surface area contributed by atoms with Crippen LogP contribution in [0.1, 0.15) is 38.5 Å². The first kappa shape index (κ1) is 16.7. The molecule has 8 heteroatoms. The molecule has 1 heterocycles. The number of halogens is 2. The second kappa shape index (κ2) is 7.61. The molecule has 1 aliphatic rings. The summed E-state index contributed by atoms with van der Waals surface area (Å²) in [5, 5.41) is 15.5. The number of phenols is 1. The smallest absolute Gasteiger partial charge is 0.233 e. The molecule has 0 amide bonds. The summed E-state index contributed by atoms with van der Waals surface area (Å²) in [4.78, 5) is 12.4. The van der Waals surface area contributed by atoms with Crippen molar-refractivity contribution in [2.24, 2.45) is 0 Å². The Bertz CT molecular complexity index is 707. The lowest BCUT2D eigenvalue weighted by atomic mass is 10.1. The van der Waals surface area contributed by atoms with Crippen LogP contribution in [0, 0.1) is 5.82 Å². The van der Waals surface area contributed by atoms with Crippen LogP contribution in [0.2, 0.25) is 5.28 Å². The predicted molar refractivity (Wildman–Crippen MR) is 91.3 cm³/mol. The Balaban J connectivity index is 1.74. The Morgan fingerprint density at radius 2 is 1.75 bits per heavy atom. The van der Waals surface area contributed by atoms with Crippen molar-refractivity contribution in [1.29, 1.82) is 0 Å². The molecule has 2 aromatic rings. The van der Waals surface area contributed by atoms with Crippen molar-refractivity contribution >= 4 is 29.2 Å². The largest absolute Gasteiger partial charge is 0.505 e. The van der Waals surface area contributed by atoms with Gasteiger partial charge in [0.25, 0.3) is 0 Å². The van der Waals surface area contributed by atoms with Gasteiger partial charge in [-0.25, -0.2) is 4.39 Å². The van der Waals surface area contributed by atoms with Crippen LogP contribution >= 0.6 is 11.6 Å². The summed E-state index contributed by atoms with van der Waals surface area (Å²) in [6.45, 7) is 0. The number of rotatable bonds is 4. The number of phenolic OH excluding ortho intramolecular Hbond substituents is 1. The zero-order chi connectivity index (χ0) is 16.9. The zero-order valence-corrected chi connectivity index (χ0v) is 13.9. The summed E-state index contributed by atoms with van der Waals surface area (Å²) in [6.07, 6.45) is 7.05. The Hall–Kier alpha value is -2.15. The minimum atomic E-state index is -0.725. The maximum atomic E-state index is 13.4. The molecule has 3 rings (SSSR count). The van der Waals surface area contributed by atoms with Gasteiger partial charge in [0.1, 0.15) is 0 Å². The number of nitrogens with one attached hydrogen (secondary N) is 2. The third-order valence-corrected chi connectivity index (χ3v) is 4.17. The van der Waals surface area contributed by atoms with Crippen LogP contribution in [-0.4, -0.2) is 26.1 Å². The highest BCUT2D eigenvalue weighted by Crippen LogP contribution is 2.23. The Kier molecular flexibility index (Phi) is 5.30. The Morgan fingerprint density at radius 1 is 1.04 bits per heavy atom. The highest BCUT2D eigenvalue weighted by molar-refractivity contribution is 6.28. The van der Waals surface area contributed by atoms with Gasteiger partial charge < -0.3 is 15.7 Å². The van der Waals surface area contributed by atoms with Crippen LogP contribution in [0.5, 0.6) is 5.75 Å². The van der Waals surface area contributed by atoms with Gasteiger partial charge in [-0.05, 0) is 36.6 Å². The van der Waals surface area contributed by atoms with Crippen molar-refractivity contribution in [1.82, 2.24) is 15.0 Å². The fourth-order valence-corrected chi connectivity index (χ4v) is 2.95. The van der Waals surface area contributed by atoms with Gasteiger partial charge in [0.2, 0.25) is 17.2 Å². The quantitative estimate of drug-likeness (QED) is 0.564. The SMILES string of the molecule is Oc1ccc(Nc2nc(Cl)nc(NC3CCCCCC3)n2)cc1F. The fourth-order valence-electron chi connectivity index (χ4n) is 2.79. The maximum Gasteiger partial charge on any atom is 0.233 e. The molecule has 0 unspecified atom stereocenters. The number of aromatic nitrogens is 3. The van der Waals surface area contributed by atoms with Crippen LogP contribution in [0.4, 0.5) is 22.0 Å². The normalized spacial score (nSPS) is 15.8. The molecule has 0 aliphatic heterocycles. The van der Waals surface area contributed by atoms with E-state index in [0.29, 0.717) is 17.7 Å². The molecular formula is C16H19ClFN5O. The van der Waals surface area contributed by atoms with Crippen molar-refractivity contribution < 1.29 is 9.50 Å². The van der Waals surface area contributed by atoms with Crippen molar-refractivity contribution in [2.75, 3.05) is 10.6 Å². The Labute approximate surface area is 144 Å². The first-order valence-electron chi connectivity index (χ1n) is 8.04. The van der Waals surface area contributed by atoms with E-state index in [1.165, 1.54) is 37.8 Å². The van der Waals surface area contributed by atoms with E-state index in [1.807, 2.05) is 0 Å². The third-order valence-electron chi connectivity index (χ3n) is 4.00. The summed E-state index contributed by atoms with van der Waals surface area (Å²) in [6, 6.07) is 4.26. The van der Waals surface area contributed by atoms with E-state index in [0.717, 1.165) is 18.9 Å². The van der Waals surface area contributed by atoms with E-state index in [1.54, 1.807) is 0 Å². The van der Waals surface area contributed by atoms with E-state index >= 15 is 0 Å². The molecule has 1 fully saturated rings. The molecule has 0 radical (unpaired) electrons. The van der Waals surface area contributed by atoms with E-state index in [-0.39, 0.29) is 11.2 Å².